The van der Waals surface area contributed by atoms with E-state index in [1.165, 1.54) is 0 Å². The summed E-state index contributed by atoms with van der Waals surface area (Å²) in [5, 5.41) is 42.5. The van der Waals surface area contributed by atoms with E-state index in [0.29, 0.717) is 32.1 Å². The Bertz CT molecular complexity index is 1320. The van der Waals surface area contributed by atoms with Crippen LogP contribution in [0.2, 0.25) is 0 Å². The van der Waals surface area contributed by atoms with Gasteiger partial charge in [0.25, 0.3) is 0 Å². The summed E-state index contributed by atoms with van der Waals surface area (Å²) in [4.78, 5) is 26.9. The molecule has 292 valence electrons. The zero-order valence-electron chi connectivity index (χ0n) is 30.8. The minimum absolute atomic E-state index is 0.00785. The number of aliphatic hydroxyl groups is 4. The Balaban J connectivity index is 1.10. The van der Waals surface area contributed by atoms with E-state index in [2.05, 4.69) is 27.0 Å². The maximum absolute atomic E-state index is 13.8. The van der Waals surface area contributed by atoms with E-state index in [0.717, 1.165) is 30.4 Å². The molecule has 0 aromatic heterocycles. The average Bonchev–Trinajstić information content (AvgIpc) is 3.73. The number of ketones is 2. The first kappa shape index (κ1) is 38.7. The molecule has 7 aliphatic rings. The van der Waals surface area contributed by atoms with Gasteiger partial charge in [-0.15, -0.1) is 0 Å². The molecule has 12 heteroatoms. The molecular weight excluding hydrogens is 672 g/mol. The van der Waals surface area contributed by atoms with E-state index >= 15 is 0 Å². The third-order valence-corrected chi connectivity index (χ3v) is 13.3. The van der Waals surface area contributed by atoms with Crippen LogP contribution in [0.4, 0.5) is 0 Å². The monoisotopic (exact) mass is 732 g/mol. The summed E-state index contributed by atoms with van der Waals surface area (Å²) in [6.07, 6.45) is -1.85. The van der Waals surface area contributed by atoms with Crippen molar-refractivity contribution in [2.24, 2.45) is 17.8 Å². The predicted molar refractivity (Wildman–Crippen MR) is 187 cm³/mol. The SMILES string of the molecule is C=C1C2C[C@@H]3O[C@H](C[C@H](O)CO)[C@H](C)C3CC(=O)C[C@H]3CC[C@@H]4O[C@@H]5[C@@H](OC(CC(=O)CCC6CC(=C)[C@H](CC[C@@H](C[C@H]1C)O2)O6)[C@@H]5O)[C@@H](O)[C@H]4O3. The van der Waals surface area contributed by atoms with Gasteiger partial charge in [-0.3, -0.25) is 9.59 Å². The van der Waals surface area contributed by atoms with Crippen LogP contribution in [-0.2, 0) is 38.0 Å². The number of fused-ring (bicyclic) bond motifs is 7. The van der Waals surface area contributed by atoms with Gasteiger partial charge < -0.3 is 48.8 Å². The van der Waals surface area contributed by atoms with Gasteiger partial charge in [-0.1, -0.05) is 27.0 Å². The molecule has 0 aromatic carbocycles. The lowest BCUT2D eigenvalue weighted by Crippen LogP contribution is -2.61. The van der Waals surface area contributed by atoms with Crippen molar-refractivity contribution in [3.8, 4) is 0 Å². The first-order chi connectivity index (χ1) is 24.9. The molecule has 18 atom stereocenters. The van der Waals surface area contributed by atoms with Crippen LogP contribution in [0, 0.1) is 17.8 Å². The Hall–Kier alpha value is -1.58. The highest BCUT2D eigenvalue weighted by Crippen LogP contribution is 2.44. The second-order valence-electron chi connectivity index (χ2n) is 17.0. The summed E-state index contributed by atoms with van der Waals surface area (Å²) in [5.74, 6) is 0.0495. The predicted octanol–water partition coefficient (Wildman–Crippen LogP) is 2.89. The van der Waals surface area contributed by atoms with Gasteiger partial charge in [-0.05, 0) is 73.8 Å². The molecule has 7 rings (SSSR count). The minimum atomic E-state index is -1.08. The van der Waals surface area contributed by atoms with Crippen LogP contribution in [0.15, 0.2) is 24.3 Å². The fourth-order valence-corrected chi connectivity index (χ4v) is 10.1. The molecule has 8 bridgehead atoms. The highest BCUT2D eigenvalue weighted by Gasteiger charge is 2.57. The van der Waals surface area contributed by atoms with Crippen molar-refractivity contribution in [2.75, 3.05) is 6.61 Å². The number of rotatable bonds is 3. The second-order valence-corrected chi connectivity index (χ2v) is 17.0. The zero-order chi connectivity index (χ0) is 36.8. The van der Waals surface area contributed by atoms with E-state index in [-0.39, 0.29) is 105 Å². The molecule has 0 radical (unpaired) electrons. The quantitative estimate of drug-likeness (QED) is 0.314. The van der Waals surface area contributed by atoms with E-state index in [1.807, 2.05) is 0 Å². The molecule has 0 aliphatic carbocycles. The number of ether oxygens (including phenoxy) is 6. The highest BCUT2D eigenvalue weighted by atomic mass is 16.6. The van der Waals surface area contributed by atoms with E-state index < -0.39 is 54.9 Å². The number of carbonyl (C=O) groups is 2. The lowest BCUT2D eigenvalue weighted by molar-refractivity contribution is -0.259. The number of Topliss-reactive ketones (excluding diaryl/α,β-unsaturated/α-hetero) is 2. The van der Waals surface area contributed by atoms with Crippen molar-refractivity contribution in [1.82, 2.24) is 0 Å². The molecule has 7 fully saturated rings. The minimum Gasteiger partial charge on any atom is -0.394 e. The standard InChI is InChI=1S/C40H60O12/c1-19-11-27-7-9-30-20(2)12-26(47-30)6-5-23(42)15-35-36(45)39-40(52-35)37(46)38-31(51-39)10-8-28(49-38)13-24(43)14-29-22(4)32(16-25(44)18-41)50-34(29)17-33(48-27)21(19)3/h19,22,25-41,44-46H,2-3,5-18H2,1,4H3/t19-,22-,25+,26?,27+,28-,29?,30+,31+,32-,33?,34+,35?,36+,37+,38+,39+,40+/m1/s1. The Morgan fingerprint density at radius 2 is 1.40 bits per heavy atom. The molecule has 4 unspecified atom stereocenters. The third-order valence-electron chi connectivity index (χ3n) is 13.3. The summed E-state index contributed by atoms with van der Waals surface area (Å²) in [6, 6.07) is 0. The zero-order valence-corrected chi connectivity index (χ0v) is 30.8. The molecular formula is C40H60O12. The maximum atomic E-state index is 13.8. The van der Waals surface area contributed by atoms with Gasteiger partial charge in [0.05, 0.1) is 67.6 Å². The van der Waals surface area contributed by atoms with Crippen LogP contribution in [0.25, 0.3) is 0 Å². The molecule has 7 saturated heterocycles. The smallest absolute Gasteiger partial charge is 0.135 e. The number of hydrogen-bond acceptors (Lipinski definition) is 12. The first-order valence-electron chi connectivity index (χ1n) is 19.9. The summed E-state index contributed by atoms with van der Waals surface area (Å²) < 4.78 is 38.4. The number of hydrogen-bond donors (Lipinski definition) is 4. The van der Waals surface area contributed by atoms with Gasteiger partial charge in [-0.25, -0.2) is 0 Å². The van der Waals surface area contributed by atoms with Crippen molar-refractivity contribution in [3.05, 3.63) is 24.3 Å². The highest BCUT2D eigenvalue weighted by molar-refractivity contribution is 5.79. The van der Waals surface area contributed by atoms with Crippen molar-refractivity contribution < 1.29 is 58.4 Å². The lowest BCUT2D eigenvalue weighted by Gasteiger charge is -2.46. The van der Waals surface area contributed by atoms with E-state index in [4.69, 9.17) is 28.4 Å². The van der Waals surface area contributed by atoms with Gasteiger partial charge in [0, 0.05) is 38.5 Å². The van der Waals surface area contributed by atoms with Crippen LogP contribution in [-0.4, -0.2) is 130 Å². The Morgan fingerprint density at radius 1 is 0.692 bits per heavy atom. The van der Waals surface area contributed by atoms with E-state index in [9.17, 15) is 30.0 Å². The van der Waals surface area contributed by atoms with Crippen LogP contribution in [0.3, 0.4) is 0 Å². The molecule has 52 heavy (non-hydrogen) atoms. The van der Waals surface area contributed by atoms with Crippen molar-refractivity contribution >= 4 is 11.6 Å². The third kappa shape index (κ3) is 8.17. The lowest BCUT2D eigenvalue weighted by atomic mass is 9.79. The van der Waals surface area contributed by atoms with Crippen LogP contribution in [0.1, 0.15) is 97.3 Å². The summed E-state index contributed by atoms with van der Waals surface area (Å²) in [5.41, 5.74) is 2.04. The van der Waals surface area contributed by atoms with E-state index in [1.54, 1.807) is 0 Å². The summed E-state index contributed by atoms with van der Waals surface area (Å²) in [7, 11) is 0. The Kier molecular flexibility index (Phi) is 12.1. The van der Waals surface area contributed by atoms with Crippen molar-refractivity contribution in [2.45, 2.75) is 189 Å². The molecule has 7 aliphatic heterocycles. The normalized spacial score (nSPS) is 48.4. The fourth-order valence-electron chi connectivity index (χ4n) is 10.1. The largest absolute Gasteiger partial charge is 0.394 e. The summed E-state index contributed by atoms with van der Waals surface area (Å²) in [6.45, 7) is 12.6. The van der Waals surface area contributed by atoms with Gasteiger partial charge in [0.2, 0.25) is 0 Å². The molecule has 0 saturated carbocycles. The van der Waals surface area contributed by atoms with Crippen LogP contribution >= 0.6 is 0 Å². The van der Waals surface area contributed by atoms with Gasteiger partial charge >= 0.3 is 0 Å². The average molecular weight is 733 g/mol. The molecule has 12 nitrogen and oxygen atoms in total. The molecule has 0 amide bonds. The fraction of sp³-hybridized carbons (Fsp3) is 0.850. The topological polar surface area (TPSA) is 170 Å². The van der Waals surface area contributed by atoms with Crippen molar-refractivity contribution in [3.63, 3.8) is 0 Å². The Morgan fingerprint density at radius 3 is 2.19 bits per heavy atom. The molecule has 7 heterocycles. The Labute approximate surface area is 307 Å². The number of aliphatic hydroxyl groups excluding tert-OH is 4. The van der Waals surface area contributed by atoms with Gasteiger partial charge in [0.15, 0.2) is 0 Å². The van der Waals surface area contributed by atoms with Crippen LogP contribution in [0.5, 0.6) is 0 Å². The van der Waals surface area contributed by atoms with Crippen LogP contribution < -0.4 is 0 Å². The molecule has 0 spiro atoms. The first-order valence-corrected chi connectivity index (χ1v) is 19.9. The second kappa shape index (κ2) is 16.3. The van der Waals surface area contributed by atoms with Crippen molar-refractivity contribution in [1.29, 1.82) is 0 Å². The molecule has 0 aromatic rings. The summed E-state index contributed by atoms with van der Waals surface area (Å²) >= 11 is 0. The van der Waals surface area contributed by atoms with Gasteiger partial charge in [-0.2, -0.15) is 0 Å². The number of carbonyl (C=O) groups excluding carboxylic acids is 2. The maximum Gasteiger partial charge on any atom is 0.135 e. The van der Waals surface area contributed by atoms with Gasteiger partial charge in [0.1, 0.15) is 42.1 Å². The molecule has 4 N–H and O–H groups in total.